The van der Waals surface area contributed by atoms with Gasteiger partial charge in [-0.3, -0.25) is 0 Å². The van der Waals surface area contributed by atoms with Crippen molar-refractivity contribution < 1.29 is 4.74 Å². The van der Waals surface area contributed by atoms with E-state index >= 15 is 0 Å². The first-order chi connectivity index (χ1) is 9.72. The zero-order valence-corrected chi connectivity index (χ0v) is 12.4. The second-order valence-corrected chi connectivity index (χ2v) is 5.16. The predicted octanol–water partition coefficient (Wildman–Crippen LogP) is 3.02. The van der Waals surface area contributed by atoms with Crippen molar-refractivity contribution in [2.45, 2.75) is 38.8 Å². The van der Waals surface area contributed by atoms with E-state index in [1.807, 2.05) is 12.1 Å². The number of hydrogen-bond donors (Lipinski definition) is 1. The fourth-order valence-electron chi connectivity index (χ4n) is 2.31. The molecule has 0 saturated heterocycles. The number of aryl methyl sites for hydroxylation is 2. The molecular formula is C17H24N2O. The molecule has 1 atom stereocenters. The van der Waals surface area contributed by atoms with E-state index in [2.05, 4.69) is 42.0 Å². The fourth-order valence-corrected chi connectivity index (χ4v) is 2.31. The van der Waals surface area contributed by atoms with Gasteiger partial charge in [-0.1, -0.05) is 19.1 Å². The van der Waals surface area contributed by atoms with E-state index in [9.17, 15) is 0 Å². The lowest BCUT2D eigenvalue weighted by Crippen LogP contribution is -2.23. The molecule has 2 aromatic rings. The minimum absolute atomic E-state index is 0.254. The van der Waals surface area contributed by atoms with Crippen LogP contribution >= 0.6 is 0 Å². The van der Waals surface area contributed by atoms with Gasteiger partial charge in [-0.15, -0.1) is 0 Å². The van der Waals surface area contributed by atoms with Crippen LogP contribution in [0.25, 0.3) is 0 Å². The monoisotopic (exact) mass is 272 g/mol. The van der Waals surface area contributed by atoms with E-state index in [1.165, 1.54) is 11.3 Å². The first kappa shape index (κ1) is 14.7. The Labute approximate surface area is 121 Å². The standard InChI is InChI=1S/C17H24N2O/c1-3-15(18)13-16-5-4-11-19(16)12-10-14-6-8-17(20-2)9-7-14/h4-9,11,15H,3,10,12-13,18H2,1-2H3. The topological polar surface area (TPSA) is 40.2 Å². The summed E-state index contributed by atoms with van der Waals surface area (Å²) in [6, 6.07) is 12.8. The average Bonchev–Trinajstić information content (AvgIpc) is 2.92. The smallest absolute Gasteiger partial charge is 0.118 e. The van der Waals surface area contributed by atoms with Crippen LogP contribution in [-0.4, -0.2) is 17.7 Å². The van der Waals surface area contributed by atoms with Crippen LogP contribution in [0.5, 0.6) is 5.75 Å². The number of aromatic nitrogens is 1. The lowest BCUT2D eigenvalue weighted by atomic mass is 10.1. The molecule has 0 aliphatic rings. The molecule has 1 aromatic heterocycles. The number of methoxy groups -OCH3 is 1. The largest absolute Gasteiger partial charge is 0.497 e. The van der Waals surface area contributed by atoms with Gasteiger partial charge in [-0.25, -0.2) is 0 Å². The number of rotatable bonds is 7. The Morgan fingerprint density at radius 3 is 2.60 bits per heavy atom. The summed E-state index contributed by atoms with van der Waals surface area (Å²) in [6.45, 7) is 3.13. The Balaban J connectivity index is 1.94. The highest BCUT2D eigenvalue weighted by atomic mass is 16.5. The summed E-state index contributed by atoms with van der Waals surface area (Å²) in [4.78, 5) is 0. The fraction of sp³-hybridized carbons (Fsp3) is 0.412. The highest BCUT2D eigenvalue weighted by Crippen LogP contribution is 2.13. The minimum Gasteiger partial charge on any atom is -0.497 e. The zero-order valence-electron chi connectivity index (χ0n) is 12.4. The van der Waals surface area contributed by atoms with Gasteiger partial charge in [0.25, 0.3) is 0 Å². The quantitative estimate of drug-likeness (QED) is 0.841. The van der Waals surface area contributed by atoms with Crippen molar-refractivity contribution in [3.05, 3.63) is 53.9 Å². The summed E-state index contributed by atoms with van der Waals surface area (Å²) in [7, 11) is 1.69. The Morgan fingerprint density at radius 1 is 1.20 bits per heavy atom. The molecule has 2 rings (SSSR count). The van der Waals surface area contributed by atoms with Gasteiger partial charge in [0, 0.05) is 30.9 Å². The van der Waals surface area contributed by atoms with Crippen molar-refractivity contribution in [2.24, 2.45) is 5.73 Å². The van der Waals surface area contributed by atoms with Gasteiger partial charge in [-0.2, -0.15) is 0 Å². The molecule has 0 spiro atoms. The summed E-state index contributed by atoms with van der Waals surface area (Å²) in [6.07, 6.45) is 5.13. The molecule has 3 heteroatoms. The predicted molar refractivity (Wildman–Crippen MR) is 83.1 cm³/mol. The van der Waals surface area contributed by atoms with E-state index < -0.39 is 0 Å². The molecule has 0 radical (unpaired) electrons. The Kier molecular flexibility index (Phi) is 5.24. The normalized spacial score (nSPS) is 12.3. The molecule has 108 valence electrons. The zero-order chi connectivity index (χ0) is 14.4. The first-order valence-corrected chi connectivity index (χ1v) is 7.25. The molecule has 3 nitrogen and oxygen atoms in total. The second kappa shape index (κ2) is 7.15. The van der Waals surface area contributed by atoms with Crippen molar-refractivity contribution in [1.82, 2.24) is 4.57 Å². The number of benzene rings is 1. The summed E-state index contributed by atoms with van der Waals surface area (Å²) >= 11 is 0. The van der Waals surface area contributed by atoms with Crippen molar-refractivity contribution in [2.75, 3.05) is 7.11 Å². The van der Waals surface area contributed by atoms with E-state index in [-0.39, 0.29) is 6.04 Å². The van der Waals surface area contributed by atoms with Gasteiger partial charge >= 0.3 is 0 Å². The maximum atomic E-state index is 6.05. The molecule has 0 saturated carbocycles. The number of nitrogens with zero attached hydrogens (tertiary/aromatic N) is 1. The van der Waals surface area contributed by atoms with Crippen LogP contribution in [0.2, 0.25) is 0 Å². The third-order valence-electron chi connectivity index (χ3n) is 3.72. The van der Waals surface area contributed by atoms with Crippen LogP contribution in [0.1, 0.15) is 24.6 Å². The van der Waals surface area contributed by atoms with Crippen LogP contribution in [0.15, 0.2) is 42.6 Å². The first-order valence-electron chi connectivity index (χ1n) is 7.25. The lowest BCUT2D eigenvalue weighted by molar-refractivity contribution is 0.414. The lowest BCUT2D eigenvalue weighted by Gasteiger charge is -2.13. The van der Waals surface area contributed by atoms with Crippen LogP contribution in [-0.2, 0) is 19.4 Å². The van der Waals surface area contributed by atoms with Crippen molar-refractivity contribution in [1.29, 1.82) is 0 Å². The van der Waals surface area contributed by atoms with Gasteiger partial charge in [0.15, 0.2) is 0 Å². The molecular weight excluding hydrogens is 248 g/mol. The SMILES string of the molecule is CCC(N)Cc1cccn1CCc1ccc(OC)cc1. The van der Waals surface area contributed by atoms with Crippen molar-refractivity contribution >= 4 is 0 Å². The highest BCUT2D eigenvalue weighted by Gasteiger charge is 2.06. The molecule has 0 bridgehead atoms. The van der Waals surface area contributed by atoms with Crippen LogP contribution < -0.4 is 10.5 Å². The summed E-state index contributed by atoms with van der Waals surface area (Å²) in [5.41, 5.74) is 8.70. The van der Waals surface area contributed by atoms with Crippen LogP contribution in [0.4, 0.5) is 0 Å². The molecule has 2 N–H and O–H groups in total. The average molecular weight is 272 g/mol. The summed E-state index contributed by atoms with van der Waals surface area (Å²) < 4.78 is 7.48. The Bertz CT molecular complexity index is 516. The summed E-state index contributed by atoms with van der Waals surface area (Å²) in [5.74, 6) is 0.907. The highest BCUT2D eigenvalue weighted by molar-refractivity contribution is 5.27. The Morgan fingerprint density at radius 2 is 1.95 bits per heavy atom. The maximum absolute atomic E-state index is 6.05. The van der Waals surface area contributed by atoms with Gasteiger partial charge < -0.3 is 15.0 Å². The van der Waals surface area contributed by atoms with E-state index in [0.29, 0.717) is 0 Å². The van der Waals surface area contributed by atoms with Crippen LogP contribution in [0, 0.1) is 0 Å². The van der Waals surface area contributed by atoms with Gasteiger partial charge in [-0.05, 0) is 42.7 Å². The molecule has 0 aliphatic carbocycles. The van der Waals surface area contributed by atoms with Gasteiger partial charge in [0.05, 0.1) is 7.11 Å². The Hall–Kier alpha value is -1.74. The van der Waals surface area contributed by atoms with E-state index in [0.717, 1.165) is 31.6 Å². The van der Waals surface area contributed by atoms with E-state index in [4.69, 9.17) is 10.5 Å². The molecule has 0 amide bonds. The molecule has 20 heavy (non-hydrogen) atoms. The number of hydrogen-bond acceptors (Lipinski definition) is 2. The van der Waals surface area contributed by atoms with Crippen molar-refractivity contribution in [3.8, 4) is 5.75 Å². The molecule has 1 unspecified atom stereocenters. The van der Waals surface area contributed by atoms with Crippen LogP contribution in [0.3, 0.4) is 0 Å². The third-order valence-corrected chi connectivity index (χ3v) is 3.72. The minimum atomic E-state index is 0.254. The third kappa shape index (κ3) is 3.87. The molecule has 0 fully saturated rings. The second-order valence-electron chi connectivity index (χ2n) is 5.16. The maximum Gasteiger partial charge on any atom is 0.118 e. The molecule has 1 heterocycles. The van der Waals surface area contributed by atoms with E-state index in [1.54, 1.807) is 7.11 Å². The van der Waals surface area contributed by atoms with Gasteiger partial charge in [0.1, 0.15) is 5.75 Å². The van der Waals surface area contributed by atoms with Gasteiger partial charge in [0.2, 0.25) is 0 Å². The number of nitrogens with two attached hydrogens (primary N) is 1. The summed E-state index contributed by atoms with van der Waals surface area (Å²) in [5, 5.41) is 0. The number of ether oxygens (including phenoxy) is 1. The molecule has 1 aromatic carbocycles. The molecule has 0 aliphatic heterocycles. The van der Waals surface area contributed by atoms with Crippen molar-refractivity contribution in [3.63, 3.8) is 0 Å².